The second kappa shape index (κ2) is 35.5. The fraction of sp³-hybridized carbons (Fsp3) is 0.857. The van der Waals surface area contributed by atoms with Crippen LogP contribution in [0.15, 0.2) is 0 Å². The van der Waals surface area contributed by atoms with Crippen LogP contribution in [0.2, 0.25) is 2.82 Å². The summed E-state index contributed by atoms with van der Waals surface area (Å²) in [7, 11) is -4.50. The first-order valence-corrected chi connectivity index (χ1v) is 25.3. The Morgan fingerprint density at radius 3 is 1.00 bits per heavy atom. The minimum absolute atomic E-state index is 0. The zero-order valence-corrected chi connectivity index (χ0v) is 49.0. The van der Waals surface area contributed by atoms with Crippen LogP contribution in [0.5, 0.6) is 0 Å². The first-order chi connectivity index (χ1) is 27.3. The van der Waals surface area contributed by atoms with Crippen molar-refractivity contribution in [3.8, 4) is 0 Å². The Labute approximate surface area is 441 Å². The molecule has 3 aliphatic heterocycles. The van der Waals surface area contributed by atoms with Crippen molar-refractivity contribution in [2.45, 2.75) is 57.1 Å². The maximum absolute atomic E-state index is 11.5. The standard InChI is InChI=1S/C7H15BO11P3.C7H14BO8P2.C7H13BO5P.2H2NP.3Y/c1-5-3-7(8)17-6(5)4-16-21(11,12)19-22(13,14)18-20(9,10)15-2;1-5-3-7(8)15-6(5)4-14-18(11,12)16-17(9,10)13-2;1-5-3-7(8)13-6(5)4-12-14(9,10)11-2;2*1-2;;;/h3,5-7H,4H2,1-2H3,(H,9,10)(H,11,12)(H,13,14);3,5-7H,4H2,1-2H3,(H,9,10)(H,11,12);3,5-7H,4H2,1-2H3,(H,9,10);2*1-2H;;;/q3*-1;;;;;/t3*5?,6-,7-;;;;;/m111...../s1/i/hTD. The molecule has 0 aromatic carbocycles. The molecule has 0 aromatic heterocycles. The van der Waals surface area contributed by atoms with E-state index < -0.39 is 83.8 Å². The van der Waals surface area contributed by atoms with Gasteiger partial charge in [0.05, 0.1) is 61.7 Å². The zero-order chi connectivity index (χ0) is 47.3. The minimum Gasteiger partial charge on any atom is -0.415 e. The molecule has 0 spiro atoms. The predicted octanol–water partition coefficient (Wildman–Crippen LogP) is 3.58. The number of ether oxygens (including phenoxy) is 3. The van der Waals surface area contributed by atoms with E-state index >= 15 is 0 Å². The largest absolute Gasteiger partial charge is 0.490 e. The van der Waals surface area contributed by atoms with E-state index in [1.165, 1.54) is 0 Å². The van der Waals surface area contributed by atoms with Crippen LogP contribution in [0.25, 0.3) is 0 Å². The summed E-state index contributed by atoms with van der Waals surface area (Å²) in [6.45, 7) is 4.62. The number of hydrogen-bond donors (Lipinski definition) is 8. The van der Waals surface area contributed by atoms with Crippen LogP contribution in [0.4, 0.5) is 0 Å². The quantitative estimate of drug-likeness (QED) is 0.0552. The third kappa shape index (κ3) is 34.4. The van der Waals surface area contributed by atoms with Crippen LogP contribution >= 0.6 is 65.0 Å². The van der Waals surface area contributed by atoms with Crippen molar-refractivity contribution in [1.29, 1.82) is 10.3 Å². The number of nitrogens with one attached hydrogen (secondary N) is 2. The van der Waals surface area contributed by atoms with E-state index in [1.807, 2.05) is 13.3 Å². The van der Waals surface area contributed by atoms with Crippen LogP contribution in [-0.2, 0) is 180 Å². The van der Waals surface area contributed by atoms with Crippen molar-refractivity contribution >= 4 is 88.5 Å². The molecule has 0 aromatic rings. The Morgan fingerprint density at radius 2 is 0.787 bits per heavy atom. The molecule has 3 fully saturated rings. The molecule has 3 saturated heterocycles. The van der Waals surface area contributed by atoms with Crippen LogP contribution < -0.4 is 0 Å². The normalized spacial score (nSPS) is 31.4. The Bertz CT molecular complexity index is 1600. The molecule has 0 aliphatic carbocycles. The molecule has 0 saturated carbocycles. The van der Waals surface area contributed by atoms with Crippen molar-refractivity contribution in [2.24, 2.45) is 17.8 Å². The Balaban J connectivity index is -0.000000249. The summed E-state index contributed by atoms with van der Waals surface area (Å²) in [6, 6.07) is -1.67. The zero-order valence-electron chi connectivity index (χ0n) is 35.1. The maximum atomic E-state index is 11.5. The van der Waals surface area contributed by atoms with Crippen LogP contribution in [-0.4, -0.2) is 130 Å². The van der Waals surface area contributed by atoms with Gasteiger partial charge in [-0.3, -0.25) is 37.5 Å². The van der Waals surface area contributed by atoms with E-state index in [0.29, 0.717) is 7.11 Å². The molecule has 15 atom stereocenters. The van der Waals surface area contributed by atoms with Gasteiger partial charge >= 0.3 is 46.9 Å². The average molecular weight is 1260 g/mol. The maximum Gasteiger partial charge on any atom is 0.490 e. The summed E-state index contributed by atoms with van der Waals surface area (Å²) in [4.78, 5) is 54.4. The Morgan fingerprint density at radius 1 is 0.574 bits per heavy atom. The third-order valence-electron chi connectivity index (χ3n) is 6.75. The van der Waals surface area contributed by atoms with Crippen molar-refractivity contribution in [3.05, 3.63) is 19.3 Å². The van der Waals surface area contributed by atoms with Crippen molar-refractivity contribution < 1.29 is 212 Å². The first-order valence-electron chi connectivity index (χ1n) is 16.3. The van der Waals surface area contributed by atoms with Gasteiger partial charge < -0.3 is 62.8 Å². The van der Waals surface area contributed by atoms with Gasteiger partial charge in [0.15, 0.2) is 2.82 Å². The van der Waals surface area contributed by atoms with E-state index in [0.717, 1.165) is 14.2 Å². The van der Waals surface area contributed by atoms with Crippen molar-refractivity contribution in [3.63, 3.8) is 0 Å². The van der Waals surface area contributed by atoms with Gasteiger partial charge in [0.2, 0.25) is 0 Å². The number of phosphoric acid groups is 6. The molecule has 0 amide bonds. The molecular formula is C21H46B3N2O24P8Y3-3. The molecule has 9 unspecified atom stereocenters. The minimum atomic E-state index is -5.39. The molecular weight excluding hydrogens is 1210 g/mol. The van der Waals surface area contributed by atoms with Crippen LogP contribution in [0, 0.1) is 47.3 Å². The molecule has 0 bridgehead atoms. The summed E-state index contributed by atoms with van der Waals surface area (Å²) in [5.41, 5.74) is 0. The molecule has 345 valence electrons. The van der Waals surface area contributed by atoms with Crippen molar-refractivity contribution in [2.75, 3.05) is 41.2 Å². The van der Waals surface area contributed by atoms with Crippen molar-refractivity contribution in [1.82, 2.24) is 0 Å². The van der Waals surface area contributed by atoms with Gasteiger partial charge in [-0.15, -0.1) is 17.8 Å². The topological polar surface area (TPSA) is 382 Å². The first kappa shape index (κ1) is 69.6. The summed E-state index contributed by atoms with van der Waals surface area (Å²) in [6.07, 6.45) is 3.65. The summed E-state index contributed by atoms with van der Waals surface area (Å²) in [5, 5.41) is 5.11. The second-order valence-electron chi connectivity index (χ2n) is 11.1. The van der Waals surface area contributed by atoms with E-state index in [1.54, 1.807) is 26.7 Å². The Kier molecular flexibility index (Phi) is 40.5. The molecule has 3 rings (SSSR count). The fourth-order valence-electron chi connectivity index (χ4n) is 4.03. The van der Waals surface area contributed by atoms with Crippen LogP contribution in [0.3, 0.4) is 0 Å². The van der Waals surface area contributed by atoms with Gasteiger partial charge in [-0.2, -0.15) is 12.9 Å². The Hall–Kier alpha value is 4.37. The van der Waals surface area contributed by atoms with Gasteiger partial charge in [0.25, 0.3) is 0 Å². The fourth-order valence-corrected chi connectivity index (χ4v) is 9.57. The molecule has 9 radical (unpaired) electrons. The molecule has 61 heavy (non-hydrogen) atoms. The predicted molar refractivity (Wildman–Crippen MR) is 207 cm³/mol. The van der Waals surface area contributed by atoms with Gasteiger partial charge in [-0.05, 0) is 18.1 Å². The van der Waals surface area contributed by atoms with E-state index in [2.05, 4.69) is 68.4 Å². The molecule has 40 heteroatoms. The van der Waals surface area contributed by atoms with Gasteiger partial charge in [0, 0.05) is 119 Å². The van der Waals surface area contributed by atoms with Crippen LogP contribution in [0.1, 0.15) is 20.8 Å². The molecule has 3 heterocycles. The average Bonchev–Trinajstić information content (AvgIpc) is 3.73. The molecule has 3 aliphatic rings. The van der Waals surface area contributed by atoms with E-state index in [9.17, 15) is 37.2 Å². The second-order valence-corrected chi connectivity index (χ2v) is 20.5. The van der Waals surface area contributed by atoms with Gasteiger partial charge in [0.1, 0.15) is 0 Å². The van der Waals surface area contributed by atoms with Gasteiger partial charge in [-0.25, -0.2) is 27.4 Å². The number of rotatable bonds is 18. The summed E-state index contributed by atoms with van der Waals surface area (Å²) in [5.74, 6) is -0.177. The van der Waals surface area contributed by atoms with Gasteiger partial charge in [-0.1, -0.05) is 38.8 Å². The molecule has 26 nitrogen and oxygen atoms in total. The smallest absolute Gasteiger partial charge is 0.415 e. The SMILES string of the molecule is [2H]N=P.[3H]N=P.[B][C@H]1[CH-]C(C)[C@@H](COP(=O)(O)OC)O1.[B][C@H]1[CH-]C(C)[C@@H](COP(=O)(O)OP(=O)(O)OC)O1.[B][C@H]1[CH-]C(C)[C@@H](COP(=O)(O)OP(=O)(O)OP(=O)(O)OC)O1.[Y].[Y].[Y]. The van der Waals surface area contributed by atoms with E-state index in [-0.39, 0.29) is 135 Å². The monoisotopic (exact) mass is 1260 g/mol. The summed E-state index contributed by atoms with van der Waals surface area (Å²) >= 11 is 0. The third-order valence-corrected chi connectivity index (χ3v) is 14.5. The summed E-state index contributed by atoms with van der Waals surface area (Å²) < 4.78 is 132. The number of phosphoric ester groups is 5. The number of hydrogen-bond acceptors (Lipinski definition) is 20. The molecule has 8 N–H and O–H groups in total. The van der Waals surface area contributed by atoms with E-state index in [4.69, 9.17) is 60.1 Å².